The van der Waals surface area contributed by atoms with Gasteiger partial charge in [0.05, 0.1) is 5.69 Å². The zero-order valence-electron chi connectivity index (χ0n) is 10.1. The Bertz CT molecular complexity index is 417. The third-order valence-electron chi connectivity index (χ3n) is 3.35. The van der Waals surface area contributed by atoms with Gasteiger partial charge in [-0.2, -0.15) is 0 Å². The predicted molar refractivity (Wildman–Crippen MR) is 70.4 cm³/mol. The first kappa shape index (κ1) is 11.3. The minimum Gasteiger partial charge on any atom is -0.369 e. The molecule has 3 rings (SSSR count). The van der Waals surface area contributed by atoms with E-state index >= 15 is 0 Å². The van der Waals surface area contributed by atoms with Gasteiger partial charge in [0.2, 0.25) is 0 Å². The summed E-state index contributed by atoms with van der Waals surface area (Å²) in [6.45, 7) is 2.99. The maximum atomic E-state index is 4.62. The molecule has 1 aliphatic heterocycles. The molecule has 1 aromatic rings. The van der Waals surface area contributed by atoms with E-state index in [2.05, 4.69) is 20.6 Å². The Morgan fingerprint density at radius 1 is 1.41 bits per heavy atom. The molecule has 2 heterocycles. The van der Waals surface area contributed by atoms with Crippen molar-refractivity contribution in [3.63, 3.8) is 0 Å². The van der Waals surface area contributed by atoms with Gasteiger partial charge in [0, 0.05) is 18.7 Å². The number of aromatic nitrogens is 2. The summed E-state index contributed by atoms with van der Waals surface area (Å²) in [6.07, 6.45) is 5.81. The van der Waals surface area contributed by atoms with Crippen molar-refractivity contribution >= 4 is 17.6 Å². The van der Waals surface area contributed by atoms with Crippen LogP contribution in [0.1, 0.15) is 24.1 Å². The summed E-state index contributed by atoms with van der Waals surface area (Å²) < 4.78 is 0. The average molecular weight is 250 g/mol. The molecule has 0 aromatic carbocycles. The van der Waals surface area contributed by atoms with Crippen LogP contribution in [0, 0.1) is 5.92 Å². The van der Waals surface area contributed by atoms with Gasteiger partial charge in [-0.15, -0.1) is 0 Å². The summed E-state index contributed by atoms with van der Waals surface area (Å²) >= 11 is 1.62. The maximum Gasteiger partial charge on any atom is 0.189 e. The van der Waals surface area contributed by atoms with Crippen LogP contribution in [0.3, 0.4) is 0 Å². The highest BCUT2D eigenvalue weighted by atomic mass is 32.2. The number of fused-ring (bicyclic) bond motifs is 1. The summed E-state index contributed by atoms with van der Waals surface area (Å²) in [5.74, 6) is 1.95. The molecule has 0 radical (unpaired) electrons. The molecule has 0 saturated heterocycles. The molecule has 0 atom stereocenters. The van der Waals surface area contributed by atoms with Crippen molar-refractivity contribution in [1.29, 1.82) is 0 Å². The molecule has 2 N–H and O–H groups in total. The van der Waals surface area contributed by atoms with E-state index in [1.807, 2.05) is 6.26 Å². The van der Waals surface area contributed by atoms with Crippen molar-refractivity contribution in [1.82, 2.24) is 15.3 Å². The fraction of sp³-hybridized carbons (Fsp3) is 0.667. The van der Waals surface area contributed by atoms with Crippen LogP contribution in [0.5, 0.6) is 0 Å². The van der Waals surface area contributed by atoms with Crippen LogP contribution in [0.4, 0.5) is 5.82 Å². The van der Waals surface area contributed by atoms with Crippen LogP contribution in [0.15, 0.2) is 5.16 Å². The summed E-state index contributed by atoms with van der Waals surface area (Å²) in [5, 5.41) is 7.77. The van der Waals surface area contributed by atoms with Crippen molar-refractivity contribution in [2.45, 2.75) is 31.0 Å². The summed E-state index contributed by atoms with van der Waals surface area (Å²) in [5.41, 5.74) is 2.50. The van der Waals surface area contributed by atoms with E-state index in [0.717, 1.165) is 42.9 Å². The molecule has 17 heavy (non-hydrogen) atoms. The Labute approximate surface area is 106 Å². The number of nitrogens with one attached hydrogen (secondary N) is 2. The van der Waals surface area contributed by atoms with Gasteiger partial charge in [-0.3, -0.25) is 0 Å². The minimum absolute atomic E-state index is 0.875. The van der Waals surface area contributed by atoms with E-state index < -0.39 is 0 Å². The molecule has 0 spiro atoms. The SMILES string of the molecule is CSc1nc2c(c(NCC3CC3)n1)CCNC2. The van der Waals surface area contributed by atoms with Gasteiger partial charge in [0.15, 0.2) is 5.16 Å². The van der Waals surface area contributed by atoms with Crippen molar-refractivity contribution in [3.05, 3.63) is 11.3 Å². The fourth-order valence-corrected chi connectivity index (χ4v) is 2.52. The highest BCUT2D eigenvalue weighted by molar-refractivity contribution is 7.98. The lowest BCUT2D eigenvalue weighted by Crippen LogP contribution is -2.26. The van der Waals surface area contributed by atoms with E-state index in [4.69, 9.17) is 0 Å². The van der Waals surface area contributed by atoms with Crippen LogP contribution in [-0.2, 0) is 13.0 Å². The first-order chi connectivity index (χ1) is 8.36. The Morgan fingerprint density at radius 3 is 3.06 bits per heavy atom. The molecule has 5 heteroatoms. The third kappa shape index (κ3) is 2.55. The van der Waals surface area contributed by atoms with Crippen LogP contribution in [0.25, 0.3) is 0 Å². The van der Waals surface area contributed by atoms with Crippen molar-refractivity contribution in [2.75, 3.05) is 24.7 Å². The quantitative estimate of drug-likeness (QED) is 0.629. The van der Waals surface area contributed by atoms with Crippen LogP contribution in [-0.4, -0.2) is 29.3 Å². The molecule has 1 aromatic heterocycles. The van der Waals surface area contributed by atoms with Gasteiger partial charge in [-0.05, 0) is 38.0 Å². The van der Waals surface area contributed by atoms with E-state index in [1.54, 1.807) is 11.8 Å². The normalized spacial score (nSPS) is 18.9. The van der Waals surface area contributed by atoms with Gasteiger partial charge in [-0.25, -0.2) is 9.97 Å². The number of thioether (sulfide) groups is 1. The topological polar surface area (TPSA) is 49.8 Å². The monoisotopic (exact) mass is 250 g/mol. The predicted octanol–water partition coefficient (Wildman–Crippen LogP) is 1.67. The molecule has 0 amide bonds. The van der Waals surface area contributed by atoms with E-state index in [0.29, 0.717) is 0 Å². The van der Waals surface area contributed by atoms with E-state index in [9.17, 15) is 0 Å². The Kier molecular flexibility index (Phi) is 3.20. The Morgan fingerprint density at radius 2 is 2.29 bits per heavy atom. The number of nitrogens with zero attached hydrogens (tertiary/aromatic N) is 2. The molecule has 4 nitrogen and oxygen atoms in total. The lowest BCUT2D eigenvalue weighted by molar-refractivity contribution is 0.613. The van der Waals surface area contributed by atoms with Crippen molar-refractivity contribution < 1.29 is 0 Å². The summed E-state index contributed by atoms with van der Waals surface area (Å²) in [4.78, 5) is 9.20. The Balaban J connectivity index is 1.86. The number of hydrogen-bond acceptors (Lipinski definition) is 5. The van der Waals surface area contributed by atoms with E-state index in [-0.39, 0.29) is 0 Å². The molecule has 0 bridgehead atoms. The summed E-state index contributed by atoms with van der Waals surface area (Å²) in [7, 11) is 0. The van der Waals surface area contributed by atoms with Gasteiger partial charge >= 0.3 is 0 Å². The highest BCUT2D eigenvalue weighted by Gasteiger charge is 2.23. The Hall–Kier alpha value is -0.810. The van der Waals surface area contributed by atoms with Gasteiger partial charge in [-0.1, -0.05) is 11.8 Å². The number of rotatable bonds is 4. The molecule has 1 aliphatic carbocycles. The number of hydrogen-bond donors (Lipinski definition) is 2. The van der Waals surface area contributed by atoms with Crippen molar-refractivity contribution in [3.8, 4) is 0 Å². The third-order valence-corrected chi connectivity index (χ3v) is 3.90. The largest absolute Gasteiger partial charge is 0.369 e. The second-order valence-corrected chi connectivity index (χ2v) is 5.51. The van der Waals surface area contributed by atoms with E-state index in [1.165, 1.54) is 24.1 Å². The maximum absolute atomic E-state index is 4.62. The zero-order valence-corrected chi connectivity index (χ0v) is 10.9. The van der Waals surface area contributed by atoms with Crippen LogP contribution < -0.4 is 10.6 Å². The lowest BCUT2D eigenvalue weighted by Gasteiger charge is -2.20. The minimum atomic E-state index is 0.875. The lowest BCUT2D eigenvalue weighted by atomic mass is 10.1. The molecular formula is C12H18N4S. The molecule has 0 unspecified atom stereocenters. The van der Waals surface area contributed by atoms with Crippen molar-refractivity contribution in [2.24, 2.45) is 5.92 Å². The average Bonchev–Trinajstić information content (AvgIpc) is 3.19. The molecule has 92 valence electrons. The molecule has 1 fully saturated rings. The molecule has 1 saturated carbocycles. The van der Waals surface area contributed by atoms with Crippen LogP contribution >= 0.6 is 11.8 Å². The van der Waals surface area contributed by atoms with Gasteiger partial charge in [0.25, 0.3) is 0 Å². The second kappa shape index (κ2) is 4.82. The second-order valence-electron chi connectivity index (χ2n) is 4.74. The fourth-order valence-electron chi connectivity index (χ4n) is 2.14. The van der Waals surface area contributed by atoms with Crippen LogP contribution in [0.2, 0.25) is 0 Å². The van der Waals surface area contributed by atoms with Gasteiger partial charge in [0.1, 0.15) is 5.82 Å². The molecular weight excluding hydrogens is 232 g/mol. The number of anilines is 1. The van der Waals surface area contributed by atoms with Gasteiger partial charge < -0.3 is 10.6 Å². The zero-order chi connectivity index (χ0) is 11.7. The highest BCUT2D eigenvalue weighted by Crippen LogP contribution is 2.30. The summed E-state index contributed by atoms with van der Waals surface area (Å²) in [6, 6.07) is 0. The first-order valence-corrected chi connectivity index (χ1v) is 7.47. The smallest absolute Gasteiger partial charge is 0.189 e. The first-order valence-electron chi connectivity index (χ1n) is 6.25. The molecule has 2 aliphatic rings. The standard InChI is InChI=1S/C12H18N4S/c1-17-12-15-10-7-13-5-4-9(10)11(16-12)14-6-8-2-3-8/h8,13H,2-7H2,1H3,(H,14,15,16).